The third-order valence-corrected chi connectivity index (χ3v) is 6.33. The highest BCUT2D eigenvalue weighted by atomic mass is 16.4. The number of hydrogen-bond donors (Lipinski definition) is 5. The highest BCUT2D eigenvalue weighted by molar-refractivity contribution is 6.12. The summed E-state index contributed by atoms with van der Waals surface area (Å²) in [6, 6.07) is 17.9. The van der Waals surface area contributed by atoms with Crippen LogP contribution in [0.3, 0.4) is 0 Å². The summed E-state index contributed by atoms with van der Waals surface area (Å²) in [5, 5.41) is 49.3. The second-order valence-corrected chi connectivity index (χ2v) is 8.56. The first-order chi connectivity index (χ1) is 18.0. The number of carboxylic acid groups (broad SMARTS) is 1. The molecule has 0 saturated carbocycles. The van der Waals surface area contributed by atoms with Gasteiger partial charge in [-0.1, -0.05) is 18.2 Å². The van der Waals surface area contributed by atoms with E-state index in [1.807, 2.05) is 46.2 Å². The maximum Gasteiger partial charge on any atom is 0.363 e. The molecule has 0 fully saturated rings. The third kappa shape index (κ3) is 5.50. The van der Waals surface area contributed by atoms with Gasteiger partial charge in [-0.25, -0.2) is 9.21 Å². The first kappa shape index (κ1) is 26.3. The lowest BCUT2D eigenvalue weighted by Gasteiger charge is -2.23. The van der Waals surface area contributed by atoms with Gasteiger partial charge >= 0.3 is 17.1 Å². The van der Waals surface area contributed by atoms with E-state index in [4.69, 9.17) is 4.42 Å². The quantitative estimate of drug-likeness (QED) is 0.145. The summed E-state index contributed by atoms with van der Waals surface area (Å²) >= 11 is 0. The Morgan fingerprint density at radius 3 is 1.57 bits per heavy atom. The van der Waals surface area contributed by atoms with E-state index in [0.29, 0.717) is 59.2 Å². The minimum atomic E-state index is -1.04. The van der Waals surface area contributed by atoms with Crippen molar-refractivity contribution in [3.8, 4) is 11.1 Å². The lowest BCUT2D eigenvalue weighted by molar-refractivity contribution is 0.0697. The Kier molecular flexibility index (Phi) is 8.52. The number of aliphatic hydroxyl groups is 4. The van der Waals surface area contributed by atoms with Crippen molar-refractivity contribution in [3.63, 3.8) is 0 Å². The number of hydrogen-bond acceptors (Lipinski definition) is 7. The van der Waals surface area contributed by atoms with E-state index in [1.54, 1.807) is 24.3 Å². The maximum absolute atomic E-state index is 12.1. The molecule has 9 heteroatoms. The van der Waals surface area contributed by atoms with E-state index >= 15 is 0 Å². The third-order valence-electron chi connectivity index (χ3n) is 6.33. The second-order valence-electron chi connectivity index (χ2n) is 8.56. The summed E-state index contributed by atoms with van der Waals surface area (Å²) in [6.45, 7) is 0.979. The zero-order valence-electron chi connectivity index (χ0n) is 20.4. The van der Waals surface area contributed by atoms with Gasteiger partial charge in [0, 0.05) is 43.1 Å². The molecule has 4 aromatic rings. The van der Waals surface area contributed by atoms with Crippen LogP contribution in [0.1, 0.15) is 10.4 Å². The first-order valence-corrected chi connectivity index (χ1v) is 12.1. The van der Waals surface area contributed by atoms with Gasteiger partial charge in [-0.05, 0) is 35.9 Å². The van der Waals surface area contributed by atoms with Gasteiger partial charge in [0.15, 0.2) is 0 Å². The fourth-order valence-corrected chi connectivity index (χ4v) is 4.66. The average molecular weight is 508 g/mol. The smallest absolute Gasteiger partial charge is 0.363 e. The van der Waals surface area contributed by atoms with Crippen molar-refractivity contribution in [1.82, 2.24) is 0 Å². The standard InChI is InChI=1S/C28H30N2O7/c31-13-9-29(10-14-32)19-5-7-23-25(17-19)37-26-18-20(30(11-15-33)12-16-34)6-8-24(26)27(23)21-3-1-2-4-22(21)28(35)36/h1-8,17-18,31-34H,9-16H2/p+1. The molecule has 0 aliphatic heterocycles. The average Bonchev–Trinajstić information content (AvgIpc) is 2.91. The van der Waals surface area contributed by atoms with Gasteiger partial charge in [0.05, 0.1) is 54.9 Å². The van der Waals surface area contributed by atoms with Crippen molar-refractivity contribution in [2.45, 2.75) is 0 Å². The van der Waals surface area contributed by atoms with Crippen molar-refractivity contribution in [2.24, 2.45) is 0 Å². The van der Waals surface area contributed by atoms with Crippen LogP contribution >= 0.6 is 0 Å². The summed E-state index contributed by atoms with van der Waals surface area (Å²) < 4.78 is 6.35. The zero-order valence-corrected chi connectivity index (χ0v) is 20.4. The van der Waals surface area contributed by atoms with Gasteiger partial charge in [0.1, 0.15) is 0 Å². The monoisotopic (exact) mass is 507 g/mol. The predicted octanol–water partition coefficient (Wildman–Crippen LogP) is 2.81. The zero-order chi connectivity index (χ0) is 26.4. The van der Waals surface area contributed by atoms with Gasteiger partial charge in [-0.3, -0.25) is 0 Å². The topological polar surface area (TPSA) is 136 Å². The molecule has 0 spiro atoms. The van der Waals surface area contributed by atoms with Gasteiger partial charge in [-0.15, -0.1) is 0 Å². The lowest BCUT2D eigenvalue weighted by atomic mass is 9.93. The van der Waals surface area contributed by atoms with Crippen LogP contribution < -0.4 is 9.80 Å². The molecule has 9 nitrogen and oxygen atoms in total. The van der Waals surface area contributed by atoms with Crippen LogP contribution in [0, 0.1) is 0 Å². The van der Waals surface area contributed by atoms with E-state index in [2.05, 4.69) is 0 Å². The maximum atomic E-state index is 12.1. The molecule has 1 aromatic heterocycles. The van der Waals surface area contributed by atoms with Crippen molar-refractivity contribution in [3.05, 3.63) is 66.2 Å². The minimum Gasteiger partial charge on any atom is -0.478 e. The van der Waals surface area contributed by atoms with Crippen LogP contribution in [-0.2, 0) is 0 Å². The molecule has 5 N–H and O–H groups in total. The van der Waals surface area contributed by atoms with Crippen LogP contribution in [0.15, 0.2) is 65.1 Å². The van der Waals surface area contributed by atoms with E-state index in [9.17, 15) is 30.3 Å². The highest BCUT2D eigenvalue weighted by Gasteiger charge is 2.25. The number of aromatic carboxylic acids is 1. The van der Waals surface area contributed by atoms with Crippen LogP contribution in [0.2, 0.25) is 0 Å². The number of fused-ring (bicyclic) bond motifs is 2. The van der Waals surface area contributed by atoms with Crippen molar-refractivity contribution >= 4 is 39.3 Å². The Morgan fingerprint density at radius 2 is 1.14 bits per heavy atom. The molecule has 194 valence electrons. The number of anilines is 2. The van der Waals surface area contributed by atoms with Gasteiger partial charge in [0.25, 0.3) is 0 Å². The lowest BCUT2D eigenvalue weighted by Crippen LogP contribution is -2.29. The Bertz CT molecular complexity index is 1310. The van der Waals surface area contributed by atoms with Gasteiger partial charge in [-0.2, -0.15) is 0 Å². The van der Waals surface area contributed by atoms with E-state index in [1.165, 1.54) is 0 Å². The molecule has 3 aromatic carbocycles. The fourth-order valence-electron chi connectivity index (χ4n) is 4.66. The molecule has 0 unspecified atom stereocenters. The highest BCUT2D eigenvalue weighted by Crippen LogP contribution is 2.40. The van der Waals surface area contributed by atoms with Crippen LogP contribution in [-0.4, -0.2) is 84.1 Å². The Morgan fingerprint density at radius 1 is 0.676 bits per heavy atom. The molecule has 4 rings (SSSR count). The SMILES string of the molecule is O=C(O)c1ccccc1-c1c2ccc(N(CCO)CCO)cc2[o+]c2cc(N(CCO)CCO)ccc12. The largest absolute Gasteiger partial charge is 0.478 e. The van der Waals surface area contributed by atoms with Gasteiger partial charge < -0.3 is 35.3 Å². The Labute approximate surface area is 214 Å². The molecular formula is C28H31N2O7+. The molecular weight excluding hydrogens is 476 g/mol. The van der Waals surface area contributed by atoms with Gasteiger partial charge in [0.2, 0.25) is 0 Å². The summed E-state index contributed by atoms with van der Waals surface area (Å²) in [4.78, 5) is 15.8. The molecule has 0 aliphatic carbocycles. The molecule has 37 heavy (non-hydrogen) atoms. The first-order valence-electron chi connectivity index (χ1n) is 12.1. The number of nitrogens with zero attached hydrogens (tertiary/aromatic N) is 2. The Balaban J connectivity index is 2.02. The van der Waals surface area contributed by atoms with Crippen LogP contribution in [0.25, 0.3) is 33.1 Å². The molecule has 1 heterocycles. The van der Waals surface area contributed by atoms with E-state index in [0.717, 1.165) is 11.4 Å². The number of carbonyl (C=O) groups is 1. The van der Waals surface area contributed by atoms with Crippen LogP contribution in [0.4, 0.5) is 11.4 Å². The number of aliphatic hydroxyl groups excluding tert-OH is 4. The van der Waals surface area contributed by atoms with Crippen molar-refractivity contribution in [1.29, 1.82) is 0 Å². The number of benzene rings is 3. The summed E-state index contributed by atoms with van der Waals surface area (Å²) in [5.41, 5.74) is 3.92. The summed E-state index contributed by atoms with van der Waals surface area (Å²) in [6.07, 6.45) is 0. The Hall–Kier alpha value is -3.76. The summed E-state index contributed by atoms with van der Waals surface area (Å²) in [5.74, 6) is -1.04. The van der Waals surface area contributed by atoms with Crippen LogP contribution in [0.5, 0.6) is 0 Å². The normalized spacial score (nSPS) is 11.2. The van der Waals surface area contributed by atoms with Crippen molar-refractivity contribution in [2.75, 3.05) is 62.4 Å². The van der Waals surface area contributed by atoms with Crippen molar-refractivity contribution < 1.29 is 34.7 Å². The molecule has 0 bridgehead atoms. The minimum absolute atomic E-state index is 0.0843. The second kappa shape index (κ2) is 12.0. The number of carboxylic acids is 1. The molecule has 0 atom stereocenters. The molecule has 0 amide bonds. The van der Waals surface area contributed by atoms with E-state index < -0.39 is 5.97 Å². The summed E-state index contributed by atoms with van der Waals surface area (Å²) in [7, 11) is 0. The van der Waals surface area contributed by atoms with E-state index in [-0.39, 0.29) is 32.0 Å². The molecule has 0 radical (unpaired) electrons. The fraction of sp³-hybridized carbons (Fsp3) is 0.286. The predicted molar refractivity (Wildman–Crippen MR) is 143 cm³/mol. The number of rotatable bonds is 12. The molecule has 0 saturated heterocycles. The molecule has 0 aliphatic rings.